The quantitative estimate of drug-likeness (QED) is 0.894. The van der Waals surface area contributed by atoms with Gasteiger partial charge in [-0.05, 0) is 31.6 Å². The summed E-state index contributed by atoms with van der Waals surface area (Å²) >= 11 is 0. The SMILES string of the molecule is COc1c(C)cnc(CC(CO)C(C)(C)C)c1C. The molecular formula is C15H25NO2. The Labute approximate surface area is 110 Å². The summed E-state index contributed by atoms with van der Waals surface area (Å²) in [5.41, 5.74) is 3.22. The fraction of sp³-hybridized carbons (Fsp3) is 0.667. The fourth-order valence-corrected chi connectivity index (χ4v) is 2.15. The van der Waals surface area contributed by atoms with Crippen LogP contribution in [0.5, 0.6) is 5.75 Å². The van der Waals surface area contributed by atoms with E-state index in [4.69, 9.17) is 4.74 Å². The highest BCUT2D eigenvalue weighted by atomic mass is 16.5. The Kier molecular flexibility index (Phi) is 4.74. The first kappa shape index (κ1) is 15.0. The van der Waals surface area contributed by atoms with E-state index in [0.29, 0.717) is 0 Å². The predicted molar refractivity (Wildman–Crippen MR) is 74.0 cm³/mol. The van der Waals surface area contributed by atoms with Crippen molar-refractivity contribution in [2.75, 3.05) is 13.7 Å². The summed E-state index contributed by atoms with van der Waals surface area (Å²) in [6.07, 6.45) is 2.63. The average molecular weight is 251 g/mol. The summed E-state index contributed by atoms with van der Waals surface area (Å²) < 4.78 is 5.41. The second kappa shape index (κ2) is 5.70. The van der Waals surface area contributed by atoms with E-state index in [1.807, 2.05) is 20.0 Å². The van der Waals surface area contributed by atoms with Crippen molar-refractivity contribution in [3.05, 3.63) is 23.0 Å². The molecule has 0 aliphatic carbocycles. The number of aryl methyl sites for hydroxylation is 1. The highest BCUT2D eigenvalue weighted by molar-refractivity contribution is 5.41. The Balaban J connectivity index is 3.05. The molecule has 0 saturated carbocycles. The molecule has 3 heteroatoms. The van der Waals surface area contributed by atoms with Gasteiger partial charge < -0.3 is 9.84 Å². The normalized spacial score (nSPS) is 13.5. The number of aliphatic hydroxyl groups is 1. The number of ether oxygens (including phenoxy) is 1. The molecule has 1 atom stereocenters. The first-order valence-corrected chi connectivity index (χ1v) is 6.41. The van der Waals surface area contributed by atoms with E-state index in [2.05, 4.69) is 25.8 Å². The Morgan fingerprint density at radius 3 is 2.39 bits per heavy atom. The van der Waals surface area contributed by atoms with Crippen LogP contribution in [0.4, 0.5) is 0 Å². The fourth-order valence-electron chi connectivity index (χ4n) is 2.15. The van der Waals surface area contributed by atoms with Crippen LogP contribution in [0.1, 0.15) is 37.6 Å². The predicted octanol–water partition coefficient (Wildman–Crippen LogP) is 2.90. The third-order valence-corrected chi connectivity index (χ3v) is 3.63. The van der Waals surface area contributed by atoms with E-state index < -0.39 is 0 Å². The van der Waals surface area contributed by atoms with Gasteiger partial charge >= 0.3 is 0 Å². The molecular weight excluding hydrogens is 226 g/mol. The molecule has 1 heterocycles. The zero-order valence-corrected chi connectivity index (χ0v) is 12.4. The van der Waals surface area contributed by atoms with Crippen molar-refractivity contribution < 1.29 is 9.84 Å². The maximum Gasteiger partial charge on any atom is 0.128 e. The number of nitrogens with zero attached hydrogens (tertiary/aromatic N) is 1. The smallest absolute Gasteiger partial charge is 0.128 e. The molecule has 18 heavy (non-hydrogen) atoms. The second-order valence-electron chi connectivity index (χ2n) is 6.00. The Morgan fingerprint density at radius 1 is 1.33 bits per heavy atom. The average Bonchev–Trinajstić information content (AvgIpc) is 2.27. The maximum atomic E-state index is 9.54. The molecule has 1 unspecified atom stereocenters. The van der Waals surface area contributed by atoms with Crippen molar-refractivity contribution in [2.45, 2.75) is 41.0 Å². The van der Waals surface area contributed by atoms with Gasteiger partial charge in [0, 0.05) is 29.6 Å². The number of pyridine rings is 1. The van der Waals surface area contributed by atoms with Gasteiger partial charge in [0.25, 0.3) is 0 Å². The standard InChI is InChI=1S/C15H25NO2/c1-10-8-16-13(11(2)14(10)18-6)7-12(9-17)15(3,4)5/h8,12,17H,7,9H2,1-6H3. The van der Waals surface area contributed by atoms with Crippen LogP contribution in [-0.2, 0) is 6.42 Å². The lowest BCUT2D eigenvalue weighted by atomic mass is 9.78. The van der Waals surface area contributed by atoms with Gasteiger partial charge in [0.05, 0.1) is 7.11 Å². The third-order valence-electron chi connectivity index (χ3n) is 3.63. The zero-order valence-electron chi connectivity index (χ0n) is 12.4. The first-order chi connectivity index (χ1) is 8.31. The van der Waals surface area contributed by atoms with Crippen LogP contribution in [0, 0.1) is 25.2 Å². The van der Waals surface area contributed by atoms with Gasteiger partial charge in [0.1, 0.15) is 5.75 Å². The molecule has 1 aromatic rings. The van der Waals surface area contributed by atoms with Crippen molar-refractivity contribution in [2.24, 2.45) is 11.3 Å². The van der Waals surface area contributed by atoms with Gasteiger partial charge in [0.15, 0.2) is 0 Å². The molecule has 0 saturated heterocycles. The molecule has 0 amide bonds. The summed E-state index contributed by atoms with van der Waals surface area (Å²) in [6, 6.07) is 0. The van der Waals surface area contributed by atoms with Crippen LogP contribution in [0.2, 0.25) is 0 Å². The summed E-state index contributed by atoms with van der Waals surface area (Å²) in [6.45, 7) is 10.7. The third kappa shape index (κ3) is 3.22. The summed E-state index contributed by atoms with van der Waals surface area (Å²) in [4.78, 5) is 4.50. The first-order valence-electron chi connectivity index (χ1n) is 6.41. The molecule has 1 N–H and O–H groups in total. The number of hydrogen-bond donors (Lipinski definition) is 1. The van der Waals surface area contributed by atoms with Crippen molar-refractivity contribution in [1.29, 1.82) is 0 Å². The molecule has 0 aromatic carbocycles. The van der Waals surface area contributed by atoms with Crippen molar-refractivity contribution in [1.82, 2.24) is 4.98 Å². The molecule has 1 rings (SSSR count). The van der Waals surface area contributed by atoms with Crippen LogP contribution >= 0.6 is 0 Å². The Hall–Kier alpha value is -1.09. The molecule has 102 valence electrons. The lowest BCUT2D eigenvalue weighted by molar-refractivity contribution is 0.130. The minimum Gasteiger partial charge on any atom is -0.496 e. The van der Waals surface area contributed by atoms with Gasteiger partial charge in [-0.25, -0.2) is 0 Å². The monoisotopic (exact) mass is 251 g/mol. The number of aliphatic hydroxyl groups excluding tert-OH is 1. The van der Waals surface area contributed by atoms with E-state index in [9.17, 15) is 5.11 Å². The van der Waals surface area contributed by atoms with Crippen LogP contribution < -0.4 is 4.74 Å². The van der Waals surface area contributed by atoms with Gasteiger partial charge in [-0.1, -0.05) is 20.8 Å². The highest BCUT2D eigenvalue weighted by Gasteiger charge is 2.25. The number of hydrogen-bond acceptors (Lipinski definition) is 3. The van der Waals surface area contributed by atoms with E-state index >= 15 is 0 Å². The van der Waals surface area contributed by atoms with Crippen molar-refractivity contribution in [3.63, 3.8) is 0 Å². The van der Waals surface area contributed by atoms with Crippen LogP contribution in [0.3, 0.4) is 0 Å². The molecule has 0 spiro atoms. The van der Waals surface area contributed by atoms with E-state index in [-0.39, 0.29) is 17.9 Å². The summed E-state index contributed by atoms with van der Waals surface area (Å²) in [5, 5.41) is 9.54. The number of rotatable bonds is 4. The van der Waals surface area contributed by atoms with Crippen LogP contribution in [0.15, 0.2) is 6.20 Å². The maximum absolute atomic E-state index is 9.54. The van der Waals surface area contributed by atoms with E-state index in [1.165, 1.54) is 0 Å². The second-order valence-corrected chi connectivity index (χ2v) is 6.00. The van der Waals surface area contributed by atoms with Crippen molar-refractivity contribution >= 4 is 0 Å². The molecule has 0 radical (unpaired) electrons. The highest BCUT2D eigenvalue weighted by Crippen LogP contribution is 2.31. The number of aromatic nitrogens is 1. The molecule has 0 aliphatic rings. The van der Waals surface area contributed by atoms with Crippen LogP contribution in [-0.4, -0.2) is 23.8 Å². The molecule has 1 aromatic heterocycles. The molecule has 0 aliphatic heterocycles. The lowest BCUT2D eigenvalue weighted by Gasteiger charge is -2.29. The number of methoxy groups -OCH3 is 1. The van der Waals surface area contributed by atoms with E-state index in [1.54, 1.807) is 7.11 Å². The minimum atomic E-state index is 0.0704. The lowest BCUT2D eigenvalue weighted by Crippen LogP contribution is -2.26. The Morgan fingerprint density at radius 2 is 1.94 bits per heavy atom. The zero-order chi connectivity index (χ0) is 13.9. The van der Waals surface area contributed by atoms with E-state index in [0.717, 1.165) is 29.0 Å². The van der Waals surface area contributed by atoms with Gasteiger partial charge in [-0.15, -0.1) is 0 Å². The topological polar surface area (TPSA) is 42.4 Å². The molecule has 0 bridgehead atoms. The van der Waals surface area contributed by atoms with Gasteiger partial charge in [-0.2, -0.15) is 0 Å². The Bertz CT molecular complexity index is 408. The van der Waals surface area contributed by atoms with Gasteiger partial charge in [-0.3, -0.25) is 4.98 Å². The summed E-state index contributed by atoms with van der Waals surface area (Å²) in [7, 11) is 1.69. The summed E-state index contributed by atoms with van der Waals surface area (Å²) in [5.74, 6) is 1.11. The molecule has 0 fully saturated rings. The largest absolute Gasteiger partial charge is 0.496 e. The van der Waals surface area contributed by atoms with Crippen molar-refractivity contribution in [3.8, 4) is 5.75 Å². The van der Waals surface area contributed by atoms with Crippen LogP contribution in [0.25, 0.3) is 0 Å². The minimum absolute atomic E-state index is 0.0704. The van der Waals surface area contributed by atoms with Gasteiger partial charge in [0.2, 0.25) is 0 Å². The molecule has 3 nitrogen and oxygen atoms in total.